The van der Waals surface area contributed by atoms with E-state index in [9.17, 15) is 25.9 Å². The third-order valence-corrected chi connectivity index (χ3v) is 11.8. The van der Waals surface area contributed by atoms with E-state index >= 15 is 0 Å². The van der Waals surface area contributed by atoms with Crippen LogP contribution in [0.1, 0.15) is 153 Å². The summed E-state index contributed by atoms with van der Waals surface area (Å²) in [5.74, 6) is 0. The van der Waals surface area contributed by atoms with Gasteiger partial charge in [-0.3, -0.25) is 0 Å². The van der Waals surface area contributed by atoms with Crippen LogP contribution < -0.4 is 0 Å². The number of hydrogen-bond acceptors (Lipinski definition) is 6. The molecule has 0 fully saturated rings. The van der Waals surface area contributed by atoms with E-state index < -0.39 is 20.2 Å². The number of aryl methyl sites for hydroxylation is 4. The molecule has 4 aromatic rings. The van der Waals surface area contributed by atoms with E-state index in [1.165, 1.54) is 136 Å². The van der Waals surface area contributed by atoms with Crippen LogP contribution in [0.25, 0.3) is 21.5 Å². The van der Waals surface area contributed by atoms with Crippen LogP contribution >= 0.6 is 0 Å². The first kappa shape index (κ1) is 47.9. The van der Waals surface area contributed by atoms with E-state index in [1.807, 2.05) is 24.3 Å². The van der Waals surface area contributed by atoms with Gasteiger partial charge < -0.3 is 9.11 Å². The number of hydrogen-bond donors (Lipinski definition) is 0. The Kier molecular flexibility index (Phi) is 22.7. The normalized spacial score (nSPS) is 11.7. The Morgan fingerprint density at radius 3 is 1.04 bits per heavy atom. The van der Waals surface area contributed by atoms with Crippen LogP contribution in [0.4, 0.5) is 0 Å². The molecule has 0 atom stereocenters. The van der Waals surface area contributed by atoms with Crippen LogP contribution in [0.2, 0.25) is 0 Å². The third kappa shape index (κ3) is 16.1. The molecule has 9 heteroatoms. The molecule has 0 spiro atoms. The number of unbranched alkanes of at least 4 members (excludes halogenated alkanes) is 12. The second-order valence-corrected chi connectivity index (χ2v) is 17.1. The minimum Gasteiger partial charge on any atom is -0.744 e. The molecule has 0 saturated heterocycles. The van der Waals surface area contributed by atoms with Crippen molar-refractivity contribution in [3.05, 3.63) is 82.9 Å². The van der Waals surface area contributed by atoms with Gasteiger partial charge in [0.05, 0.1) is 9.79 Å². The van der Waals surface area contributed by atoms with Crippen LogP contribution in [0.5, 0.6) is 0 Å². The summed E-state index contributed by atoms with van der Waals surface area (Å²) in [6.45, 7) is 8.86. The molecule has 53 heavy (non-hydrogen) atoms. The Morgan fingerprint density at radius 2 is 0.736 bits per heavy atom. The van der Waals surface area contributed by atoms with Crippen molar-refractivity contribution in [2.45, 2.75) is 166 Å². The van der Waals surface area contributed by atoms with Crippen molar-refractivity contribution in [1.82, 2.24) is 0 Å². The standard InChI is InChI=1S/2C22H32O3S.Ba/c2*1-3-5-7-9-11-18-13-14-19-17-20(26(23,24)25)15-16-22(19)21(18)12-10-8-6-4-2;/h2*13-17H,3-12H2,1-2H3,(H,23,24,25);/q;;+2/p-2. The number of fused-ring (bicyclic) bond motifs is 2. The van der Waals surface area contributed by atoms with Gasteiger partial charge in [0.1, 0.15) is 20.2 Å². The summed E-state index contributed by atoms with van der Waals surface area (Å²) < 4.78 is 67.9. The van der Waals surface area contributed by atoms with Gasteiger partial charge in [0, 0.05) is 0 Å². The molecule has 6 nitrogen and oxygen atoms in total. The van der Waals surface area contributed by atoms with E-state index in [-0.39, 0.29) is 58.7 Å². The molecule has 0 aromatic heterocycles. The molecular weight excluding hydrogens is 826 g/mol. The minimum atomic E-state index is -4.41. The molecule has 288 valence electrons. The van der Waals surface area contributed by atoms with Crippen molar-refractivity contribution in [3.8, 4) is 0 Å². The van der Waals surface area contributed by atoms with Gasteiger partial charge in [0.25, 0.3) is 0 Å². The Morgan fingerprint density at radius 1 is 0.415 bits per heavy atom. The van der Waals surface area contributed by atoms with Gasteiger partial charge in [-0.2, -0.15) is 0 Å². The average molecular weight is 888 g/mol. The zero-order valence-corrected chi connectivity index (χ0v) is 39.0. The number of benzene rings is 4. The van der Waals surface area contributed by atoms with Crippen LogP contribution in [0, 0.1) is 0 Å². The van der Waals surface area contributed by atoms with Crippen LogP contribution in [-0.4, -0.2) is 74.8 Å². The molecule has 0 aliphatic carbocycles. The minimum absolute atomic E-state index is 0. The molecule has 0 aliphatic heterocycles. The van der Waals surface area contributed by atoms with Gasteiger partial charge in [0.15, 0.2) is 0 Å². The van der Waals surface area contributed by atoms with Gasteiger partial charge >= 0.3 is 48.9 Å². The van der Waals surface area contributed by atoms with Crippen molar-refractivity contribution in [2.75, 3.05) is 0 Å². The Balaban J connectivity index is 0.000000360. The van der Waals surface area contributed by atoms with Crippen LogP contribution in [0.3, 0.4) is 0 Å². The van der Waals surface area contributed by atoms with Crippen molar-refractivity contribution in [1.29, 1.82) is 0 Å². The van der Waals surface area contributed by atoms with Crippen molar-refractivity contribution < 1.29 is 25.9 Å². The molecule has 0 N–H and O–H groups in total. The van der Waals surface area contributed by atoms with E-state index in [0.717, 1.165) is 60.1 Å². The molecule has 4 aromatic carbocycles. The van der Waals surface area contributed by atoms with E-state index in [2.05, 4.69) is 39.8 Å². The summed E-state index contributed by atoms with van der Waals surface area (Å²) in [4.78, 5) is -0.282. The second kappa shape index (κ2) is 25.1. The Bertz CT molecular complexity index is 1770. The molecule has 4 rings (SSSR count). The quantitative estimate of drug-likeness (QED) is 0.0441. The first-order chi connectivity index (χ1) is 24.9. The molecule has 0 unspecified atom stereocenters. The molecule has 0 saturated carbocycles. The summed E-state index contributed by atoms with van der Waals surface area (Å²) >= 11 is 0. The van der Waals surface area contributed by atoms with Gasteiger partial charge in [-0.05, 0) is 119 Å². The summed E-state index contributed by atoms with van der Waals surface area (Å²) in [5, 5.41) is 3.90. The third-order valence-electron chi connectivity index (χ3n) is 10.1. The first-order valence-corrected chi connectivity index (χ1v) is 22.8. The first-order valence-electron chi connectivity index (χ1n) is 19.9. The van der Waals surface area contributed by atoms with Gasteiger partial charge in [0.2, 0.25) is 0 Å². The number of rotatable bonds is 22. The molecular formula is C44H62BaO6S2. The monoisotopic (exact) mass is 888 g/mol. The van der Waals surface area contributed by atoms with Crippen molar-refractivity contribution in [3.63, 3.8) is 0 Å². The maximum absolute atomic E-state index is 11.3. The summed E-state index contributed by atoms with van der Waals surface area (Å²) in [6.07, 6.45) is 23.7. The summed E-state index contributed by atoms with van der Waals surface area (Å²) in [7, 11) is -8.82. The van der Waals surface area contributed by atoms with Gasteiger partial charge in [-0.25, -0.2) is 16.8 Å². The topological polar surface area (TPSA) is 114 Å². The Labute approximate surface area is 361 Å². The maximum atomic E-state index is 11.3. The molecule has 0 amide bonds. The Hall–Kier alpha value is -1.21. The van der Waals surface area contributed by atoms with E-state index in [4.69, 9.17) is 0 Å². The van der Waals surface area contributed by atoms with E-state index in [0.29, 0.717) is 0 Å². The molecule has 0 heterocycles. The predicted molar refractivity (Wildman–Crippen MR) is 221 cm³/mol. The molecule has 0 aliphatic rings. The zero-order valence-electron chi connectivity index (χ0n) is 32.9. The summed E-state index contributed by atoms with van der Waals surface area (Å²) in [5.41, 5.74) is 5.43. The van der Waals surface area contributed by atoms with Crippen LogP contribution in [0.15, 0.2) is 70.5 Å². The van der Waals surface area contributed by atoms with Crippen molar-refractivity contribution in [2.24, 2.45) is 0 Å². The smallest absolute Gasteiger partial charge is 0.744 e. The maximum Gasteiger partial charge on any atom is 2.00 e. The fourth-order valence-electron chi connectivity index (χ4n) is 7.15. The predicted octanol–water partition coefficient (Wildman–Crippen LogP) is 11.6. The average Bonchev–Trinajstić information content (AvgIpc) is 3.12. The van der Waals surface area contributed by atoms with Gasteiger partial charge in [-0.15, -0.1) is 0 Å². The van der Waals surface area contributed by atoms with E-state index in [1.54, 1.807) is 0 Å². The zero-order chi connectivity index (χ0) is 38.0. The van der Waals surface area contributed by atoms with Crippen molar-refractivity contribution >= 4 is 90.7 Å². The largest absolute Gasteiger partial charge is 2.00 e. The van der Waals surface area contributed by atoms with Crippen LogP contribution in [-0.2, 0) is 45.9 Å². The van der Waals surface area contributed by atoms with Gasteiger partial charge in [-0.1, -0.05) is 141 Å². The molecule has 0 bridgehead atoms. The SMILES string of the molecule is CCCCCCc1ccc2cc(S(=O)(=O)[O-])ccc2c1CCCCCC.CCCCCCc1ccc2cc(S(=O)(=O)[O-])ccc2c1CCCCCC.[Ba+2]. The molecule has 0 radical (unpaired) electrons. The fourth-order valence-corrected chi connectivity index (χ4v) is 8.16. The second-order valence-electron chi connectivity index (χ2n) is 14.3. The fraction of sp³-hybridized carbons (Fsp3) is 0.545. The summed E-state index contributed by atoms with van der Waals surface area (Å²) in [6, 6.07) is 17.8.